The summed E-state index contributed by atoms with van der Waals surface area (Å²) in [6.07, 6.45) is -3.32. The molecule has 41 heavy (non-hydrogen) atoms. The lowest BCUT2D eigenvalue weighted by Gasteiger charge is -2.13. The minimum absolute atomic E-state index is 0.0237. The van der Waals surface area contributed by atoms with Crippen molar-refractivity contribution in [2.45, 2.75) is 6.18 Å². The second-order valence-electron chi connectivity index (χ2n) is 8.19. The highest BCUT2D eigenvalue weighted by Crippen LogP contribution is 2.36. The van der Waals surface area contributed by atoms with E-state index in [1.165, 1.54) is 48.7 Å². The Morgan fingerprint density at radius 3 is 2.10 bits per heavy atom. The molecular weight excluding hydrogens is 631 g/mol. The molecule has 4 amide bonds. The molecule has 14 heteroatoms. The first-order valence-corrected chi connectivity index (χ1v) is 12.7. The van der Waals surface area contributed by atoms with E-state index in [9.17, 15) is 27.6 Å². The van der Waals surface area contributed by atoms with Gasteiger partial charge < -0.3 is 15.4 Å². The zero-order valence-corrected chi connectivity index (χ0v) is 22.9. The van der Waals surface area contributed by atoms with Crippen molar-refractivity contribution >= 4 is 56.8 Å². The Morgan fingerprint density at radius 2 is 1.41 bits per heavy atom. The number of carbonyl (C=O) groups is 3. The molecule has 210 valence electrons. The van der Waals surface area contributed by atoms with Crippen molar-refractivity contribution in [2.24, 2.45) is 0 Å². The van der Waals surface area contributed by atoms with Gasteiger partial charge >= 0.3 is 12.2 Å². The Morgan fingerprint density at radius 1 is 0.780 bits per heavy atom. The number of urea groups is 1. The standard InChI is InChI=1S/C27H18BrClF3N5O4/c28-16-3-1-15(2-4-16)24(38)36-37-25(39)23-14-20(11-12-33-23)41-19-8-5-17(6-9-19)34-26(40)35-18-7-10-22(29)21(13-18)27(30,31)32/h1-14H,(H,36,38)(H,37,39)(H2,34,35,40). The van der Waals surface area contributed by atoms with Crippen LogP contribution in [0.1, 0.15) is 26.4 Å². The van der Waals surface area contributed by atoms with Crippen LogP contribution in [0.15, 0.2) is 89.5 Å². The molecule has 0 bridgehead atoms. The van der Waals surface area contributed by atoms with Gasteiger partial charge in [-0.1, -0.05) is 27.5 Å². The second-order valence-corrected chi connectivity index (χ2v) is 9.51. The van der Waals surface area contributed by atoms with E-state index >= 15 is 0 Å². The normalized spacial score (nSPS) is 10.9. The maximum atomic E-state index is 13.0. The Balaban J connectivity index is 1.31. The SMILES string of the molecule is O=C(Nc1ccc(Oc2ccnc(C(=O)NNC(=O)c3ccc(Br)cc3)c2)cc1)Nc1ccc(Cl)c(C(F)(F)F)c1. The van der Waals surface area contributed by atoms with Crippen LogP contribution in [0.25, 0.3) is 0 Å². The van der Waals surface area contributed by atoms with Gasteiger partial charge in [0.1, 0.15) is 17.2 Å². The maximum absolute atomic E-state index is 13.0. The quantitative estimate of drug-likeness (QED) is 0.167. The first-order chi connectivity index (χ1) is 19.5. The van der Waals surface area contributed by atoms with E-state index in [1.807, 2.05) is 0 Å². The lowest BCUT2D eigenvalue weighted by atomic mass is 10.2. The van der Waals surface area contributed by atoms with E-state index in [0.29, 0.717) is 17.0 Å². The second kappa shape index (κ2) is 12.7. The number of rotatable bonds is 6. The van der Waals surface area contributed by atoms with Crippen LogP contribution in [-0.4, -0.2) is 22.8 Å². The Labute approximate surface area is 244 Å². The van der Waals surface area contributed by atoms with Gasteiger partial charge in [-0.3, -0.25) is 25.4 Å². The fourth-order valence-corrected chi connectivity index (χ4v) is 3.79. The molecule has 9 nitrogen and oxygen atoms in total. The average molecular weight is 649 g/mol. The molecule has 0 spiro atoms. The molecule has 0 aliphatic heterocycles. The number of ether oxygens (including phenoxy) is 1. The first kappa shape index (κ1) is 29.4. The van der Waals surface area contributed by atoms with Crippen LogP contribution in [0.3, 0.4) is 0 Å². The molecule has 0 aliphatic carbocycles. The number of hydrazine groups is 1. The Kier molecular flexibility index (Phi) is 9.10. The Hall–Kier alpha value is -4.62. The first-order valence-electron chi connectivity index (χ1n) is 11.5. The summed E-state index contributed by atoms with van der Waals surface area (Å²) >= 11 is 8.87. The van der Waals surface area contributed by atoms with Crippen molar-refractivity contribution in [3.05, 3.63) is 111 Å². The molecule has 0 fully saturated rings. The van der Waals surface area contributed by atoms with Crippen LogP contribution in [-0.2, 0) is 6.18 Å². The molecule has 3 aromatic carbocycles. The van der Waals surface area contributed by atoms with Crippen LogP contribution < -0.4 is 26.2 Å². The van der Waals surface area contributed by atoms with Crippen LogP contribution in [0.2, 0.25) is 5.02 Å². The van der Waals surface area contributed by atoms with Crippen LogP contribution in [0.5, 0.6) is 11.5 Å². The highest BCUT2D eigenvalue weighted by atomic mass is 79.9. The number of aromatic nitrogens is 1. The number of hydrogen-bond acceptors (Lipinski definition) is 5. The third-order valence-corrected chi connectivity index (χ3v) is 6.10. The lowest BCUT2D eigenvalue weighted by Crippen LogP contribution is -2.41. The van der Waals surface area contributed by atoms with Crippen LogP contribution in [0, 0.1) is 0 Å². The summed E-state index contributed by atoms with van der Waals surface area (Å²) in [7, 11) is 0. The van der Waals surface area contributed by atoms with Crippen molar-refractivity contribution in [3.63, 3.8) is 0 Å². The minimum Gasteiger partial charge on any atom is -0.457 e. The third kappa shape index (κ3) is 8.19. The van der Waals surface area contributed by atoms with Crippen molar-refractivity contribution in [3.8, 4) is 11.5 Å². The molecular formula is C27H18BrClF3N5O4. The van der Waals surface area contributed by atoms with E-state index in [2.05, 4.69) is 42.4 Å². The number of nitrogens with zero attached hydrogens (tertiary/aromatic N) is 1. The summed E-state index contributed by atoms with van der Waals surface area (Å²) in [4.78, 5) is 40.9. The predicted octanol–water partition coefficient (Wildman–Crippen LogP) is 7.03. The van der Waals surface area contributed by atoms with Crippen molar-refractivity contribution in [2.75, 3.05) is 10.6 Å². The maximum Gasteiger partial charge on any atom is 0.417 e. The predicted molar refractivity (Wildman–Crippen MR) is 149 cm³/mol. The smallest absolute Gasteiger partial charge is 0.417 e. The van der Waals surface area contributed by atoms with E-state index in [0.717, 1.165) is 16.6 Å². The van der Waals surface area contributed by atoms with E-state index in [4.69, 9.17) is 16.3 Å². The van der Waals surface area contributed by atoms with Crippen molar-refractivity contribution < 1.29 is 32.3 Å². The molecule has 4 rings (SSSR count). The van der Waals surface area contributed by atoms with Gasteiger partial charge in [-0.2, -0.15) is 13.2 Å². The van der Waals surface area contributed by atoms with Gasteiger partial charge in [0.25, 0.3) is 11.8 Å². The van der Waals surface area contributed by atoms with E-state index in [-0.39, 0.29) is 17.1 Å². The van der Waals surface area contributed by atoms with Crippen molar-refractivity contribution in [1.29, 1.82) is 0 Å². The van der Waals surface area contributed by atoms with E-state index in [1.54, 1.807) is 24.3 Å². The van der Waals surface area contributed by atoms with Crippen LogP contribution in [0.4, 0.5) is 29.3 Å². The molecule has 0 saturated heterocycles. The van der Waals surface area contributed by atoms with Gasteiger partial charge in [0, 0.05) is 33.7 Å². The average Bonchev–Trinajstić information content (AvgIpc) is 2.93. The number of alkyl halides is 3. The summed E-state index contributed by atoms with van der Waals surface area (Å²) in [5.41, 5.74) is 4.07. The molecule has 4 N–H and O–H groups in total. The fourth-order valence-electron chi connectivity index (χ4n) is 3.31. The minimum atomic E-state index is -4.67. The third-order valence-electron chi connectivity index (χ3n) is 5.24. The number of pyridine rings is 1. The number of hydrogen-bond donors (Lipinski definition) is 4. The van der Waals surface area contributed by atoms with Gasteiger partial charge in [-0.15, -0.1) is 0 Å². The molecule has 4 aromatic rings. The molecule has 1 aromatic heterocycles. The molecule has 0 saturated carbocycles. The van der Waals surface area contributed by atoms with Gasteiger partial charge in [-0.25, -0.2) is 4.79 Å². The van der Waals surface area contributed by atoms with Gasteiger partial charge in [0.05, 0.1) is 10.6 Å². The number of anilines is 2. The van der Waals surface area contributed by atoms with Gasteiger partial charge in [0.2, 0.25) is 0 Å². The zero-order valence-electron chi connectivity index (χ0n) is 20.6. The molecule has 0 radical (unpaired) electrons. The number of halogens is 5. The van der Waals surface area contributed by atoms with Gasteiger partial charge in [0.15, 0.2) is 0 Å². The summed E-state index contributed by atoms with van der Waals surface area (Å²) in [5.74, 6) is -0.565. The molecule has 0 unspecified atom stereocenters. The largest absolute Gasteiger partial charge is 0.457 e. The highest BCUT2D eigenvalue weighted by Gasteiger charge is 2.33. The number of amides is 4. The summed E-state index contributed by atoms with van der Waals surface area (Å²) in [6, 6.07) is 17.7. The zero-order chi connectivity index (χ0) is 29.6. The monoisotopic (exact) mass is 647 g/mol. The molecule has 0 aliphatic rings. The number of nitrogens with one attached hydrogen (secondary N) is 4. The lowest BCUT2D eigenvalue weighted by molar-refractivity contribution is -0.137. The summed E-state index contributed by atoms with van der Waals surface area (Å²) in [5, 5.41) is 4.33. The van der Waals surface area contributed by atoms with Gasteiger partial charge in [-0.05, 0) is 72.8 Å². The molecule has 1 heterocycles. The van der Waals surface area contributed by atoms with Crippen molar-refractivity contribution in [1.82, 2.24) is 15.8 Å². The topological polar surface area (TPSA) is 121 Å². The molecule has 0 atom stereocenters. The highest BCUT2D eigenvalue weighted by molar-refractivity contribution is 9.10. The van der Waals surface area contributed by atoms with Crippen LogP contribution >= 0.6 is 27.5 Å². The number of benzene rings is 3. The number of carbonyl (C=O) groups excluding carboxylic acids is 3. The van der Waals surface area contributed by atoms with E-state index < -0.39 is 34.6 Å². The summed E-state index contributed by atoms with van der Waals surface area (Å²) in [6.45, 7) is 0. The fraction of sp³-hybridized carbons (Fsp3) is 0.0370. The Bertz CT molecular complexity index is 1590. The summed E-state index contributed by atoms with van der Waals surface area (Å²) < 4.78 is 45.6.